The number of carboxylic acid groups (broad SMARTS) is 1. The number of rotatable bonds is 1. The number of alkyl halides is 3. The lowest BCUT2D eigenvalue weighted by molar-refractivity contribution is -0.806. The van der Waals surface area contributed by atoms with Crippen LogP contribution in [-0.2, 0) is 4.79 Å². The zero-order chi connectivity index (χ0) is 16.9. The van der Waals surface area contributed by atoms with Gasteiger partial charge in [0, 0.05) is 6.92 Å². The summed E-state index contributed by atoms with van der Waals surface area (Å²) in [5.41, 5.74) is 0.335. The highest BCUT2D eigenvalue weighted by Gasteiger charge is 2.29. The molecule has 124 valence electrons. The van der Waals surface area contributed by atoms with Crippen molar-refractivity contribution in [3.8, 4) is 0 Å². The molecule has 22 heavy (non-hydrogen) atoms. The minimum atomic E-state index is -5.19. The normalized spacial score (nSPS) is 15.0. The highest BCUT2D eigenvalue weighted by molar-refractivity contribution is 5.92. The van der Waals surface area contributed by atoms with Crippen molar-refractivity contribution in [3.05, 3.63) is 16.6 Å². The third-order valence-electron chi connectivity index (χ3n) is 2.75. The Morgan fingerprint density at radius 3 is 2.23 bits per heavy atom. The van der Waals surface area contributed by atoms with E-state index in [0.29, 0.717) is 13.1 Å². The maximum absolute atomic E-state index is 11.9. The minimum absolute atomic E-state index is 0.118. The maximum atomic E-state index is 11.9. The molecule has 9 nitrogen and oxygen atoms in total. The maximum Gasteiger partial charge on any atom is 0.430 e. The van der Waals surface area contributed by atoms with Gasteiger partial charge in [-0.3, -0.25) is 9.42 Å². The van der Waals surface area contributed by atoms with Crippen LogP contribution in [0.3, 0.4) is 0 Å². The van der Waals surface area contributed by atoms with Crippen molar-refractivity contribution in [1.82, 2.24) is 10.1 Å². The van der Waals surface area contributed by atoms with E-state index in [1.807, 2.05) is 0 Å². The number of quaternary nitrogens is 1. The molecule has 1 aliphatic rings. The summed E-state index contributed by atoms with van der Waals surface area (Å²) in [6.45, 7) is 4.67. The summed E-state index contributed by atoms with van der Waals surface area (Å²) in [5, 5.41) is 25.3. The Morgan fingerprint density at radius 1 is 1.36 bits per heavy atom. The third-order valence-corrected chi connectivity index (χ3v) is 2.75. The Labute approximate surface area is 121 Å². The summed E-state index contributed by atoms with van der Waals surface area (Å²) in [6, 6.07) is 0. The van der Waals surface area contributed by atoms with Crippen LogP contribution in [0.25, 0.3) is 0 Å². The van der Waals surface area contributed by atoms with Gasteiger partial charge < -0.3 is 25.3 Å². The first-order valence-electron chi connectivity index (χ1n) is 6.10. The molecule has 1 fully saturated rings. The number of aliphatic carboxylic acids is 1. The smallest absolute Gasteiger partial charge is 0.430 e. The van der Waals surface area contributed by atoms with Crippen molar-refractivity contribution >= 4 is 11.9 Å². The van der Waals surface area contributed by atoms with E-state index in [9.17, 15) is 23.2 Å². The van der Waals surface area contributed by atoms with Crippen LogP contribution in [0.15, 0.2) is 4.63 Å². The summed E-state index contributed by atoms with van der Waals surface area (Å²) in [6.07, 6.45) is -5.19. The number of carbonyl (C=O) groups is 2. The molecule has 0 aromatic carbocycles. The standard InChI is InChI=1S/C8H12N4O3.C2HF3O2/c1-6-7(10-15-12(6)14)8(13)11-4-2-9-3-5-11;3-2(4,5)1(6)7/h9H,2-5H2,1H3;(H,6,7). The SMILES string of the molecule is Cc1c(C(=O)N2CC[NH2+]CC2)no[n+]1[O-].O=C([O-])C(F)(F)F. The molecule has 12 heteroatoms. The molecule has 0 bridgehead atoms. The van der Waals surface area contributed by atoms with Crippen molar-refractivity contribution < 1.29 is 42.7 Å². The van der Waals surface area contributed by atoms with Crippen LogP contribution in [0.2, 0.25) is 0 Å². The third kappa shape index (κ3) is 4.58. The predicted octanol–water partition coefficient (Wildman–Crippen LogP) is -3.07. The summed E-state index contributed by atoms with van der Waals surface area (Å²) in [4.78, 5) is 22.6. The first-order chi connectivity index (χ1) is 10.1. The number of piperazine rings is 1. The molecule has 1 saturated heterocycles. The molecule has 2 rings (SSSR count). The molecule has 1 aromatic heterocycles. The monoisotopic (exact) mass is 326 g/mol. The van der Waals surface area contributed by atoms with Gasteiger partial charge in [-0.05, 0) is 4.90 Å². The molecule has 1 aliphatic heterocycles. The van der Waals surface area contributed by atoms with E-state index in [0.717, 1.165) is 13.1 Å². The van der Waals surface area contributed by atoms with Crippen molar-refractivity contribution in [3.63, 3.8) is 0 Å². The van der Waals surface area contributed by atoms with Crippen molar-refractivity contribution in [2.24, 2.45) is 0 Å². The molecule has 0 radical (unpaired) electrons. The Kier molecular flexibility index (Phi) is 5.68. The van der Waals surface area contributed by atoms with Crippen molar-refractivity contribution in [2.75, 3.05) is 26.2 Å². The number of aromatic nitrogens is 2. The van der Waals surface area contributed by atoms with E-state index < -0.39 is 12.1 Å². The molecular formula is C10H13F3N4O5. The first kappa shape index (κ1) is 17.7. The summed E-state index contributed by atoms with van der Waals surface area (Å²) >= 11 is 0. The summed E-state index contributed by atoms with van der Waals surface area (Å²) in [7, 11) is 0. The van der Waals surface area contributed by atoms with E-state index in [1.165, 1.54) is 6.92 Å². The fourth-order valence-electron chi connectivity index (χ4n) is 1.59. The van der Waals surface area contributed by atoms with Crippen molar-refractivity contribution in [2.45, 2.75) is 13.1 Å². The number of nitrogens with zero attached hydrogens (tertiary/aromatic N) is 3. The molecular weight excluding hydrogens is 313 g/mol. The van der Waals surface area contributed by atoms with Crippen LogP contribution in [-0.4, -0.2) is 54.3 Å². The highest BCUT2D eigenvalue weighted by atomic mass is 19.4. The average molecular weight is 326 g/mol. The van der Waals surface area contributed by atoms with Crippen LogP contribution in [0.4, 0.5) is 13.2 Å². The molecule has 0 saturated carbocycles. The molecule has 1 aromatic rings. The van der Waals surface area contributed by atoms with E-state index in [-0.39, 0.29) is 22.2 Å². The first-order valence-corrected chi connectivity index (χ1v) is 6.10. The predicted molar refractivity (Wildman–Crippen MR) is 58.8 cm³/mol. The second-order valence-corrected chi connectivity index (χ2v) is 4.31. The number of amides is 1. The quantitative estimate of drug-likeness (QED) is 0.545. The van der Waals surface area contributed by atoms with Gasteiger partial charge in [0.15, 0.2) is 0 Å². The number of hydrogen-bond acceptors (Lipinski definition) is 6. The van der Waals surface area contributed by atoms with Crippen LogP contribution in [0.1, 0.15) is 16.2 Å². The Hall–Kier alpha value is -2.37. The zero-order valence-electron chi connectivity index (χ0n) is 11.4. The Bertz CT molecular complexity index is 539. The highest BCUT2D eigenvalue weighted by Crippen LogP contribution is 2.11. The topological polar surface area (TPSA) is 130 Å². The van der Waals surface area contributed by atoms with Crippen LogP contribution in [0, 0.1) is 12.1 Å². The molecule has 0 atom stereocenters. The average Bonchev–Trinajstić information content (AvgIpc) is 2.79. The summed E-state index contributed by atoms with van der Waals surface area (Å²) < 4.78 is 35.9. The molecule has 2 N–H and O–H groups in total. The van der Waals surface area contributed by atoms with Gasteiger partial charge in [-0.15, -0.1) is 0 Å². The number of nitrogens with two attached hydrogens (primary N) is 1. The minimum Gasteiger partial charge on any atom is -0.542 e. The van der Waals surface area contributed by atoms with Crippen molar-refractivity contribution in [1.29, 1.82) is 0 Å². The Morgan fingerprint density at radius 2 is 1.86 bits per heavy atom. The van der Waals surface area contributed by atoms with Crippen LogP contribution >= 0.6 is 0 Å². The molecule has 0 aliphatic carbocycles. The van der Waals surface area contributed by atoms with E-state index in [2.05, 4.69) is 15.1 Å². The lowest BCUT2D eigenvalue weighted by Crippen LogP contribution is -2.89. The van der Waals surface area contributed by atoms with Gasteiger partial charge in [0.05, 0.1) is 31.3 Å². The molecule has 0 unspecified atom stereocenters. The fraction of sp³-hybridized carbons (Fsp3) is 0.600. The molecule has 1 amide bonds. The second-order valence-electron chi connectivity index (χ2n) is 4.31. The molecule has 0 spiro atoms. The van der Waals surface area contributed by atoms with E-state index >= 15 is 0 Å². The van der Waals surface area contributed by atoms with Gasteiger partial charge >= 0.3 is 17.8 Å². The van der Waals surface area contributed by atoms with E-state index in [1.54, 1.807) is 4.90 Å². The Balaban J connectivity index is 0.000000295. The number of hydrogen-bond donors (Lipinski definition) is 1. The number of carbonyl (C=O) groups excluding carboxylic acids is 2. The van der Waals surface area contributed by atoms with Crippen LogP contribution in [0.5, 0.6) is 0 Å². The van der Waals surface area contributed by atoms with Gasteiger partial charge in [0.1, 0.15) is 5.97 Å². The van der Waals surface area contributed by atoms with E-state index in [4.69, 9.17) is 9.90 Å². The lowest BCUT2D eigenvalue weighted by atomic mass is 10.2. The molecule has 2 heterocycles. The van der Waals surface area contributed by atoms with Gasteiger partial charge in [-0.25, -0.2) is 0 Å². The van der Waals surface area contributed by atoms with Gasteiger partial charge in [-0.2, -0.15) is 13.2 Å². The zero-order valence-corrected chi connectivity index (χ0v) is 11.4. The summed E-state index contributed by atoms with van der Waals surface area (Å²) in [5.74, 6) is -3.23. The number of halogens is 3. The number of carboxylic acids is 1. The second kappa shape index (κ2) is 7.06. The lowest BCUT2D eigenvalue weighted by Gasteiger charge is -2.23. The van der Waals surface area contributed by atoms with Gasteiger partial charge in [0.25, 0.3) is 0 Å². The largest absolute Gasteiger partial charge is 0.542 e. The fourth-order valence-corrected chi connectivity index (χ4v) is 1.59. The van der Waals surface area contributed by atoms with Gasteiger partial charge in [-0.1, -0.05) is 0 Å². The van der Waals surface area contributed by atoms with Gasteiger partial charge in [0.2, 0.25) is 5.69 Å². The van der Waals surface area contributed by atoms with Crippen LogP contribution < -0.4 is 15.3 Å².